The molecular weight excluding hydrogens is 262 g/mol. The molecule has 0 unspecified atom stereocenters. The van der Waals surface area contributed by atoms with Crippen molar-refractivity contribution >= 4 is 11.0 Å². The largest absolute Gasteiger partial charge is 0.346 e. The summed E-state index contributed by atoms with van der Waals surface area (Å²) in [7, 11) is 0. The summed E-state index contributed by atoms with van der Waals surface area (Å²) in [6.07, 6.45) is 12.0. The van der Waals surface area contributed by atoms with Gasteiger partial charge in [-0.1, -0.05) is 51.9 Å². The summed E-state index contributed by atoms with van der Waals surface area (Å²) >= 11 is 0. The fourth-order valence-corrected chi connectivity index (χ4v) is 2.81. The first-order valence-electron chi connectivity index (χ1n) is 8.28. The van der Waals surface area contributed by atoms with E-state index in [-0.39, 0.29) is 5.56 Å². The zero-order valence-corrected chi connectivity index (χ0v) is 13.3. The average molecular weight is 289 g/mol. The second-order valence-electron chi connectivity index (χ2n) is 5.83. The maximum Gasteiger partial charge on any atom is 0.262 e. The van der Waals surface area contributed by atoms with Crippen LogP contribution in [-0.4, -0.2) is 14.5 Å². The number of nitrogens with zero attached hydrogens (tertiary/aromatic N) is 2. The van der Waals surface area contributed by atoms with Gasteiger partial charge in [-0.2, -0.15) is 0 Å². The van der Waals surface area contributed by atoms with Crippen LogP contribution in [0.15, 0.2) is 17.1 Å². The van der Waals surface area contributed by atoms with Crippen LogP contribution in [0.4, 0.5) is 0 Å². The van der Waals surface area contributed by atoms with Gasteiger partial charge in [-0.3, -0.25) is 9.36 Å². The first kappa shape index (κ1) is 15.8. The van der Waals surface area contributed by atoms with Crippen molar-refractivity contribution in [2.45, 2.75) is 71.8 Å². The second kappa shape index (κ2) is 8.01. The summed E-state index contributed by atoms with van der Waals surface area (Å²) in [6.45, 7) is 4.94. The van der Waals surface area contributed by atoms with Crippen LogP contribution in [0.25, 0.3) is 11.0 Å². The second-order valence-corrected chi connectivity index (χ2v) is 5.83. The molecule has 0 aliphatic carbocycles. The summed E-state index contributed by atoms with van der Waals surface area (Å²) in [5.41, 5.74) is 0.784. The molecule has 0 aliphatic rings. The number of aryl methyl sites for hydroxylation is 1. The summed E-state index contributed by atoms with van der Waals surface area (Å²) in [5.74, 6) is 0.804. The predicted octanol–water partition coefficient (Wildman–Crippen LogP) is 4.17. The lowest BCUT2D eigenvalue weighted by molar-refractivity contribution is 0.529. The van der Waals surface area contributed by atoms with Gasteiger partial charge in [-0.25, -0.2) is 4.98 Å². The lowest BCUT2D eigenvalue weighted by atomic mass is 10.1. The number of hydrogen-bond acceptors (Lipinski definition) is 2. The topological polar surface area (TPSA) is 50.7 Å². The molecule has 116 valence electrons. The third kappa shape index (κ3) is 4.19. The van der Waals surface area contributed by atoms with Crippen LogP contribution in [0.2, 0.25) is 0 Å². The number of hydrogen-bond donors (Lipinski definition) is 1. The zero-order chi connectivity index (χ0) is 15.1. The molecule has 0 amide bonds. The highest BCUT2D eigenvalue weighted by Gasteiger charge is 2.08. The standard InChI is InChI=1S/C17H27N3O/c1-3-4-5-6-7-8-9-10-13-20-14(2)19-16-15(17(20)21)11-12-18-16/h11-12,18H,3-10,13H2,1-2H3. The lowest BCUT2D eigenvalue weighted by Gasteiger charge is -2.09. The third-order valence-corrected chi connectivity index (χ3v) is 4.10. The number of unbranched alkanes of at least 4 members (excludes halogenated alkanes) is 7. The van der Waals surface area contributed by atoms with Crippen molar-refractivity contribution in [2.75, 3.05) is 0 Å². The Balaban J connectivity index is 1.80. The molecule has 4 nitrogen and oxygen atoms in total. The van der Waals surface area contributed by atoms with Gasteiger partial charge in [0, 0.05) is 12.7 Å². The van der Waals surface area contributed by atoms with Gasteiger partial charge in [-0.05, 0) is 19.4 Å². The van der Waals surface area contributed by atoms with Gasteiger partial charge in [0.05, 0.1) is 5.39 Å². The highest BCUT2D eigenvalue weighted by molar-refractivity contribution is 5.73. The minimum Gasteiger partial charge on any atom is -0.346 e. The van der Waals surface area contributed by atoms with E-state index in [1.54, 1.807) is 6.20 Å². The number of aromatic nitrogens is 3. The molecule has 0 atom stereocenters. The number of fused-ring (bicyclic) bond motifs is 1. The molecule has 0 spiro atoms. The first-order chi connectivity index (χ1) is 10.2. The molecule has 2 aromatic heterocycles. The third-order valence-electron chi connectivity index (χ3n) is 4.10. The molecule has 2 heterocycles. The number of rotatable bonds is 9. The van der Waals surface area contributed by atoms with Crippen LogP contribution < -0.4 is 5.56 Å². The van der Waals surface area contributed by atoms with Gasteiger partial charge in [-0.15, -0.1) is 0 Å². The Morgan fingerprint density at radius 3 is 2.48 bits per heavy atom. The Morgan fingerprint density at radius 1 is 1.10 bits per heavy atom. The lowest BCUT2D eigenvalue weighted by Crippen LogP contribution is -2.23. The fourth-order valence-electron chi connectivity index (χ4n) is 2.81. The van der Waals surface area contributed by atoms with Crippen molar-refractivity contribution in [3.05, 3.63) is 28.4 Å². The van der Waals surface area contributed by atoms with Crippen LogP contribution in [-0.2, 0) is 6.54 Å². The van der Waals surface area contributed by atoms with E-state index in [9.17, 15) is 4.79 Å². The molecule has 2 aromatic rings. The SMILES string of the molecule is CCCCCCCCCCn1c(C)nc2[nH]ccc2c1=O. The number of aromatic amines is 1. The van der Waals surface area contributed by atoms with Gasteiger partial charge >= 0.3 is 0 Å². The molecule has 0 saturated heterocycles. The van der Waals surface area contributed by atoms with Gasteiger partial charge in [0.1, 0.15) is 11.5 Å². The Morgan fingerprint density at radius 2 is 1.76 bits per heavy atom. The maximum absolute atomic E-state index is 12.4. The summed E-state index contributed by atoms with van der Waals surface area (Å²) in [6, 6.07) is 1.81. The van der Waals surface area contributed by atoms with Crippen molar-refractivity contribution in [3.63, 3.8) is 0 Å². The molecule has 21 heavy (non-hydrogen) atoms. The molecule has 0 saturated carbocycles. The molecule has 1 N–H and O–H groups in total. The minimum atomic E-state index is 0.0849. The van der Waals surface area contributed by atoms with E-state index in [0.717, 1.165) is 18.8 Å². The molecular formula is C17H27N3O. The van der Waals surface area contributed by atoms with Crippen LogP contribution in [0.5, 0.6) is 0 Å². The zero-order valence-electron chi connectivity index (χ0n) is 13.3. The van der Waals surface area contributed by atoms with Crippen molar-refractivity contribution in [3.8, 4) is 0 Å². The normalized spacial score (nSPS) is 11.3. The quantitative estimate of drug-likeness (QED) is 0.704. The molecule has 4 heteroatoms. The summed E-state index contributed by atoms with van der Waals surface area (Å²) < 4.78 is 1.81. The van der Waals surface area contributed by atoms with Crippen LogP contribution in [0.1, 0.15) is 64.1 Å². The molecule has 0 fully saturated rings. The Bertz CT molecular complexity index is 612. The Labute approximate surface area is 126 Å². The van der Waals surface area contributed by atoms with Crippen LogP contribution in [0.3, 0.4) is 0 Å². The highest BCUT2D eigenvalue weighted by Crippen LogP contribution is 2.10. The molecule has 0 aliphatic heterocycles. The number of H-pyrrole nitrogens is 1. The monoisotopic (exact) mass is 289 g/mol. The van der Waals surface area contributed by atoms with Crippen molar-refractivity contribution < 1.29 is 0 Å². The summed E-state index contributed by atoms with van der Waals surface area (Å²) in [5, 5.41) is 0.695. The molecule has 0 aromatic carbocycles. The van der Waals surface area contributed by atoms with E-state index < -0.39 is 0 Å². The van der Waals surface area contributed by atoms with Gasteiger partial charge < -0.3 is 4.98 Å². The van der Waals surface area contributed by atoms with E-state index in [1.807, 2.05) is 17.6 Å². The Kier molecular flexibility index (Phi) is 6.03. The van der Waals surface area contributed by atoms with Crippen molar-refractivity contribution in [1.82, 2.24) is 14.5 Å². The van der Waals surface area contributed by atoms with Gasteiger partial charge in [0.2, 0.25) is 0 Å². The van der Waals surface area contributed by atoms with Gasteiger partial charge in [0.25, 0.3) is 5.56 Å². The van der Waals surface area contributed by atoms with Crippen LogP contribution in [0, 0.1) is 6.92 Å². The average Bonchev–Trinajstić information content (AvgIpc) is 2.93. The molecule has 0 bridgehead atoms. The van der Waals surface area contributed by atoms with Crippen molar-refractivity contribution in [1.29, 1.82) is 0 Å². The maximum atomic E-state index is 12.4. The number of nitrogens with one attached hydrogen (secondary N) is 1. The minimum absolute atomic E-state index is 0.0849. The summed E-state index contributed by atoms with van der Waals surface area (Å²) in [4.78, 5) is 19.8. The van der Waals surface area contributed by atoms with E-state index in [1.165, 1.54) is 44.9 Å². The smallest absolute Gasteiger partial charge is 0.262 e. The van der Waals surface area contributed by atoms with E-state index in [0.29, 0.717) is 11.0 Å². The van der Waals surface area contributed by atoms with E-state index >= 15 is 0 Å². The van der Waals surface area contributed by atoms with E-state index in [2.05, 4.69) is 16.9 Å². The molecule has 0 radical (unpaired) electrons. The first-order valence-corrected chi connectivity index (χ1v) is 8.28. The van der Waals surface area contributed by atoms with Crippen LogP contribution >= 0.6 is 0 Å². The van der Waals surface area contributed by atoms with Crippen molar-refractivity contribution in [2.24, 2.45) is 0 Å². The fraction of sp³-hybridized carbons (Fsp3) is 0.647. The Hall–Kier alpha value is -1.58. The van der Waals surface area contributed by atoms with Gasteiger partial charge in [0.15, 0.2) is 0 Å². The van der Waals surface area contributed by atoms with E-state index in [4.69, 9.17) is 0 Å². The molecule has 2 rings (SSSR count). The predicted molar refractivity (Wildman–Crippen MR) is 87.7 cm³/mol. The highest BCUT2D eigenvalue weighted by atomic mass is 16.1.